The van der Waals surface area contributed by atoms with Crippen molar-refractivity contribution in [3.05, 3.63) is 72.1 Å². The Hall–Kier alpha value is -3.45. The summed E-state index contributed by atoms with van der Waals surface area (Å²) < 4.78 is 1.97. The summed E-state index contributed by atoms with van der Waals surface area (Å²) in [5.41, 5.74) is 3.47. The van der Waals surface area contributed by atoms with Gasteiger partial charge in [0.1, 0.15) is 0 Å². The highest BCUT2D eigenvalue weighted by Gasteiger charge is 2.24. The van der Waals surface area contributed by atoms with Crippen LogP contribution in [0.2, 0.25) is 0 Å². The quantitative estimate of drug-likeness (QED) is 0.429. The van der Waals surface area contributed by atoms with Gasteiger partial charge in [-0.3, -0.25) is 9.20 Å². The fourth-order valence-corrected chi connectivity index (χ4v) is 4.59. The number of rotatable bonds is 5. The Labute approximate surface area is 192 Å². The van der Waals surface area contributed by atoms with E-state index in [0.29, 0.717) is 5.56 Å². The lowest BCUT2D eigenvalue weighted by atomic mass is 9.93. The normalized spacial score (nSPS) is 19.0. The van der Waals surface area contributed by atoms with Gasteiger partial charge in [0.25, 0.3) is 5.91 Å². The molecule has 170 valence electrons. The number of amides is 1. The Morgan fingerprint density at radius 3 is 2.61 bits per heavy atom. The van der Waals surface area contributed by atoms with Crippen LogP contribution in [0.4, 0.5) is 5.82 Å². The van der Waals surface area contributed by atoms with Gasteiger partial charge in [-0.25, -0.2) is 9.97 Å². The molecule has 7 heteroatoms. The first-order valence-corrected chi connectivity index (χ1v) is 11.5. The standard InChI is InChI=1S/C26H29N5O2/c1-26(2,18-6-4-3-5-7-18)30-25(33)17-8-13-21-22(16-17)31-15-14-27-24(31)23(29-21)28-19-9-11-20(32)12-10-19/h3-8,13-16,19-20,32H,9-12H2,1-2H3,(H,28,29)(H,30,33). The molecule has 2 aromatic heterocycles. The van der Waals surface area contributed by atoms with E-state index in [1.54, 1.807) is 6.20 Å². The van der Waals surface area contributed by atoms with Crippen molar-refractivity contribution in [2.24, 2.45) is 0 Å². The lowest BCUT2D eigenvalue weighted by Gasteiger charge is -2.27. The molecular formula is C26H29N5O2. The number of aliphatic hydroxyl groups excluding tert-OH is 1. The SMILES string of the molecule is CC(C)(NC(=O)c1ccc2nc(NC3CCC(O)CC3)c3nccn3c2c1)c1ccccc1. The second-order valence-corrected chi connectivity index (χ2v) is 9.38. The summed E-state index contributed by atoms with van der Waals surface area (Å²) in [5.74, 6) is 0.596. The van der Waals surface area contributed by atoms with Crippen LogP contribution in [0.15, 0.2) is 60.9 Å². The van der Waals surface area contributed by atoms with E-state index in [9.17, 15) is 9.90 Å². The molecule has 5 rings (SSSR count). The number of anilines is 1. The molecule has 2 aromatic carbocycles. The van der Waals surface area contributed by atoms with Crippen LogP contribution in [-0.2, 0) is 5.54 Å². The number of nitrogens with one attached hydrogen (secondary N) is 2. The van der Waals surface area contributed by atoms with Gasteiger partial charge in [-0.15, -0.1) is 0 Å². The second kappa shape index (κ2) is 8.48. The summed E-state index contributed by atoms with van der Waals surface area (Å²) >= 11 is 0. The Kier molecular flexibility index (Phi) is 5.50. The smallest absolute Gasteiger partial charge is 0.252 e. The average Bonchev–Trinajstić information content (AvgIpc) is 3.31. The molecule has 1 aliphatic rings. The predicted octanol–water partition coefficient (Wildman–Crippen LogP) is 4.26. The van der Waals surface area contributed by atoms with E-state index in [2.05, 4.69) is 15.6 Å². The van der Waals surface area contributed by atoms with Crippen LogP contribution in [0.3, 0.4) is 0 Å². The summed E-state index contributed by atoms with van der Waals surface area (Å²) in [6.07, 6.45) is 6.85. The van der Waals surface area contributed by atoms with Crippen LogP contribution in [0.5, 0.6) is 0 Å². The van der Waals surface area contributed by atoms with Gasteiger partial charge in [-0.1, -0.05) is 30.3 Å². The fraction of sp³-hybridized carbons (Fsp3) is 0.346. The maximum atomic E-state index is 13.1. The number of carbonyl (C=O) groups is 1. The van der Waals surface area contributed by atoms with E-state index in [4.69, 9.17) is 4.98 Å². The van der Waals surface area contributed by atoms with Gasteiger partial charge in [0.05, 0.1) is 22.7 Å². The molecule has 0 radical (unpaired) electrons. The topological polar surface area (TPSA) is 91.5 Å². The number of fused-ring (bicyclic) bond motifs is 3. The first kappa shape index (κ1) is 21.4. The molecule has 3 N–H and O–H groups in total. The minimum Gasteiger partial charge on any atom is -0.393 e. The molecule has 0 saturated heterocycles. The molecule has 1 amide bonds. The van der Waals surface area contributed by atoms with E-state index < -0.39 is 5.54 Å². The molecule has 0 aliphatic heterocycles. The van der Waals surface area contributed by atoms with Gasteiger partial charge in [0.2, 0.25) is 0 Å². The summed E-state index contributed by atoms with van der Waals surface area (Å²) in [6, 6.07) is 15.8. The van der Waals surface area contributed by atoms with E-state index in [0.717, 1.165) is 53.7 Å². The predicted molar refractivity (Wildman–Crippen MR) is 129 cm³/mol. The van der Waals surface area contributed by atoms with Crippen molar-refractivity contribution in [3.8, 4) is 0 Å². The zero-order valence-corrected chi connectivity index (χ0v) is 19.0. The fourth-order valence-electron chi connectivity index (χ4n) is 4.59. The molecule has 2 heterocycles. The van der Waals surface area contributed by atoms with E-state index in [1.807, 2.05) is 73.0 Å². The molecule has 7 nitrogen and oxygen atoms in total. The van der Waals surface area contributed by atoms with Crippen molar-refractivity contribution >= 4 is 28.4 Å². The number of aliphatic hydroxyl groups is 1. The van der Waals surface area contributed by atoms with E-state index >= 15 is 0 Å². The van der Waals surface area contributed by atoms with Crippen molar-refractivity contribution < 1.29 is 9.90 Å². The third-order valence-corrected chi connectivity index (χ3v) is 6.54. The van der Waals surface area contributed by atoms with Crippen LogP contribution in [0.1, 0.15) is 55.5 Å². The van der Waals surface area contributed by atoms with Crippen molar-refractivity contribution in [2.75, 3.05) is 5.32 Å². The number of hydrogen-bond acceptors (Lipinski definition) is 5. The Morgan fingerprint density at radius 1 is 1.09 bits per heavy atom. The average molecular weight is 444 g/mol. The van der Waals surface area contributed by atoms with Crippen molar-refractivity contribution in [3.63, 3.8) is 0 Å². The summed E-state index contributed by atoms with van der Waals surface area (Å²) in [5, 5.41) is 16.5. The number of nitrogens with zero attached hydrogens (tertiary/aromatic N) is 3. The molecule has 1 fully saturated rings. The third-order valence-electron chi connectivity index (χ3n) is 6.54. The highest BCUT2D eigenvalue weighted by molar-refractivity contribution is 5.98. The lowest BCUT2D eigenvalue weighted by Crippen LogP contribution is -2.40. The summed E-state index contributed by atoms with van der Waals surface area (Å²) in [4.78, 5) is 22.5. The highest BCUT2D eigenvalue weighted by atomic mass is 16.3. The molecular weight excluding hydrogens is 414 g/mol. The van der Waals surface area contributed by atoms with Gasteiger partial charge in [0.15, 0.2) is 11.5 Å². The number of carbonyl (C=O) groups excluding carboxylic acids is 1. The first-order chi connectivity index (χ1) is 15.9. The van der Waals surface area contributed by atoms with Crippen LogP contribution < -0.4 is 10.6 Å². The molecule has 1 saturated carbocycles. The van der Waals surface area contributed by atoms with Gasteiger partial charge in [0, 0.05) is 24.0 Å². The largest absolute Gasteiger partial charge is 0.393 e. The van der Waals surface area contributed by atoms with Crippen LogP contribution in [0.25, 0.3) is 16.7 Å². The molecule has 1 aliphatic carbocycles. The van der Waals surface area contributed by atoms with E-state index in [-0.39, 0.29) is 18.1 Å². The molecule has 0 atom stereocenters. The summed E-state index contributed by atoms with van der Waals surface area (Å²) in [7, 11) is 0. The van der Waals surface area contributed by atoms with Crippen molar-refractivity contribution in [2.45, 2.75) is 57.2 Å². The third kappa shape index (κ3) is 4.28. The molecule has 4 aromatic rings. The second-order valence-electron chi connectivity index (χ2n) is 9.38. The van der Waals surface area contributed by atoms with Crippen LogP contribution in [0, 0.1) is 0 Å². The number of imidazole rings is 1. The van der Waals surface area contributed by atoms with Gasteiger partial charge in [-0.05, 0) is 63.3 Å². The zero-order chi connectivity index (χ0) is 23.0. The Morgan fingerprint density at radius 2 is 1.85 bits per heavy atom. The van der Waals surface area contributed by atoms with Crippen LogP contribution >= 0.6 is 0 Å². The summed E-state index contributed by atoms with van der Waals surface area (Å²) in [6.45, 7) is 4.00. The number of aromatic nitrogens is 3. The highest BCUT2D eigenvalue weighted by Crippen LogP contribution is 2.27. The van der Waals surface area contributed by atoms with Crippen molar-refractivity contribution in [1.82, 2.24) is 19.7 Å². The van der Waals surface area contributed by atoms with Crippen molar-refractivity contribution in [1.29, 1.82) is 0 Å². The maximum absolute atomic E-state index is 13.1. The molecule has 33 heavy (non-hydrogen) atoms. The number of benzene rings is 2. The minimum atomic E-state index is -0.503. The Balaban J connectivity index is 1.44. The Bertz CT molecular complexity index is 1290. The monoisotopic (exact) mass is 443 g/mol. The van der Waals surface area contributed by atoms with Gasteiger partial charge in [-0.2, -0.15) is 0 Å². The molecule has 0 spiro atoms. The zero-order valence-electron chi connectivity index (χ0n) is 19.0. The lowest BCUT2D eigenvalue weighted by molar-refractivity contribution is 0.0912. The first-order valence-electron chi connectivity index (χ1n) is 11.5. The van der Waals surface area contributed by atoms with E-state index in [1.165, 1.54) is 0 Å². The number of hydrogen-bond donors (Lipinski definition) is 3. The maximum Gasteiger partial charge on any atom is 0.252 e. The molecule has 0 bridgehead atoms. The van der Waals surface area contributed by atoms with Crippen LogP contribution in [-0.4, -0.2) is 37.5 Å². The van der Waals surface area contributed by atoms with Gasteiger partial charge >= 0.3 is 0 Å². The molecule has 0 unspecified atom stereocenters. The minimum absolute atomic E-state index is 0.137. The van der Waals surface area contributed by atoms with Gasteiger partial charge < -0.3 is 15.7 Å².